The molecule has 0 aliphatic heterocycles. The third-order valence-corrected chi connectivity index (χ3v) is 5.99. The van der Waals surface area contributed by atoms with Crippen molar-refractivity contribution in [1.29, 1.82) is 0 Å². The van der Waals surface area contributed by atoms with Crippen LogP contribution in [-0.2, 0) is 5.41 Å². The normalized spacial score (nSPS) is 12.2. The first-order chi connectivity index (χ1) is 15.5. The first kappa shape index (κ1) is 18.8. The Kier molecular flexibility index (Phi) is 3.99. The van der Waals surface area contributed by atoms with Gasteiger partial charge < -0.3 is 8.83 Å². The molecule has 3 aromatic heterocycles. The molecule has 0 aliphatic carbocycles. The van der Waals surface area contributed by atoms with Crippen molar-refractivity contribution < 1.29 is 8.83 Å². The van der Waals surface area contributed by atoms with E-state index in [1.54, 1.807) is 12.6 Å². The van der Waals surface area contributed by atoms with Gasteiger partial charge in [-0.2, -0.15) is 0 Å². The standard InChI is InChI=1S/C28H22N2O2/c1-28(2,3)22-14-20(12-17-6-4-5-7-21(17)22)26-27-23(29-16-30-26)15-25(32-27)18-8-9-24-19(13-18)10-11-31-24/h4-16H,1-3H3. The van der Waals surface area contributed by atoms with Crippen LogP contribution in [0.4, 0.5) is 0 Å². The summed E-state index contributed by atoms with van der Waals surface area (Å²) in [6.07, 6.45) is 3.31. The fourth-order valence-electron chi connectivity index (χ4n) is 4.39. The molecule has 0 radical (unpaired) electrons. The van der Waals surface area contributed by atoms with Crippen LogP contribution in [0.1, 0.15) is 26.3 Å². The zero-order chi connectivity index (χ0) is 21.9. The van der Waals surface area contributed by atoms with Gasteiger partial charge in [-0.1, -0.05) is 45.0 Å². The SMILES string of the molecule is CC(C)(C)c1cc(-c2ncnc3cc(-c4ccc5occc5c4)oc23)cc2ccccc12. The maximum absolute atomic E-state index is 6.35. The molecule has 6 rings (SSSR count). The molecule has 156 valence electrons. The number of furan rings is 2. The molecule has 0 fully saturated rings. The molecule has 32 heavy (non-hydrogen) atoms. The van der Waals surface area contributed by atoms with Crippen molar-refractivity contribution in [1.82, 2.24) is 9.97 Å². The number of aromatic nitrogens is 2. The van der Waals surface area contributed by atoms with E-state index in [1.165, 1.54) is 16.3 Å². The second-order valence-electron chi connectivity index (χ2n) is 9.22. The Bertz CT molecular complexity index is 1620. The van der Waals surface area contributed by atoms with Gasteiger partial charge in [0.1, 0.15) is 28.9 Å². The van der Waals surface area contributed by atoms with Gasteiger partial charge in [0.2, 0.25) is 0 Å². The van der Waals surface area contributed by atoms with Crippen LogP contribution >= 0.6 is 0 Å². The van der Waals surface area contributed by atoms with Crippen LogP contribution in [0.25, 0.3) is 55.4 Å². The molecule has 0 saturated carbocycles. The van der Waals surface area contributed by atoms with E-state index >= 15 is 0 Å². The zero-order valence-corrected chi connectivity index (χ0v) is 18.2. The molecule has 4 heteroatoms. The molecule has 3 aromatic carbocycles. The molecular formula is C28H22N2O2. The quantitative estimate of drug-likeness (QED) is 0.288. The second kappa shape index (κ2) is 6.79. The summed E-state index contributed by atoms with van der Waals surface area (Å²) in [6.45, 7) is 6.72. The summed E-state index contributed by atoms with van der Waals surface area (Å²) in [5.74, 6) is 0.765. The fraction of sp³-hybridized carbons (Fsp3) is 0.143. The molecule has 0 spiro atoms. The zero-order valence-electron chi connectivity index (χ0n) is 18.2. The van der Waals surface area contributed by atoms with Crippen LogP contribution in [0.5, 0.6) is 0 Å². The Morgan fingerprint density at radius 3 is 2.50 bits per heavy atom. The Balaban J connectivity index is 1.56. The number of hydrogen-bond donors (Lipinski definition) is 0. The molecule has 0 bridgehead atoms. The number of fused-ring (bicyclic) bond motifs is 3. The number of hydrogen-bond acceptors (Lipinski definition) is 4. The van der Waals surface area contributed by atoms with Gasteiger partial charge in [-0.05, 0) is 58.1 Å². The molecule has 0 saturated heterocycles. The molecular weight excluding hydrogens is 396 g/mol. The van der Waals surface area contributed by atoms with Crippen molar-refractivity contribution in [2.45, 2.75) is 26.2 Å². The van der Waals surface area contributed by atoms with Gasteiger partial charge in [-0.3, -0.25) is 0 Å². The minimum Gasteiger partial charge on any atom is -0.464 e. The number of rotatable bonds is 2. The summed E-state index contributed by atoms with van der Waals surface area (Å²) in [5, 5.41) is 3.50. The lowest BCUT2D eigenvalue weighted by molar-refractivity contribution is 0.596. The van der Waals surface area contributed by atoms with Crippen LogP contribution in [-0.4, -0.2) is 9.97 Å². The minimum absolute atomic E-state index is 0.00388. The predicted octanol–water partition coefficient (Wildman–Crippen LogP) is 7.75. The van der Waals surface area contributed by atoms with Crippen molar-refractivity contribution in [2.24, 2.45) is 0 Å². The van der Waals surface area contributed by atoms with Crippen molar-refractivity contribution in [2.75, 3.05) is 0 Å². The van der Waals surface area contributed by atoms with E-state index in [0.29, 0.717) is 5.58 Å². The van der Waals surface area contributed by atoms with Crippen molar-refractivity contribution >= 4 is 32.8 Å². The first-order valence-electron chi connectivity index (χ1n) is 10.7. The molecule has 0 N–H and O–H groups in total. The number of nitrogens with zero attached hydrogens (tertiary/aromatic N) is 2. The van der Waals surface area contributed by atoms with Crippen LogP contribution in [0.2, 0.25) is 0 Å². The lowest BCUT2D eigenvalue weighted by Crippen LogP contribution is -2.12. The molecule has 0 aliphatic rings. The maximum atomic E-state index is 6.35. The highest BCUT2D eigenvalue weighted by molar-refractivity contribution is 5.96. The van der Waals surface area contributed by atoms with E-state index < -0.39 is 0 Å². The van der Waals surface area contributed by atoms with Crippen LogP contribution in [0.15, 0.2) is 88.2 Å². The molecule has 3 heterocycles. The van der Waals surface area contributed by atoms with Gasteiger partial charge in [0.05, 0.1) is 6.26 Å². The van der Waals surface area contributed by atoms with E-state index in [1.807, 2.05) is 24.3 Å². The average Bonchev–Trinajstić information content (AvgIpc) is 3.43. The minimum atomic E-state index is -0.00388. The maximum Gasteiger partial charge on any atom is 0.179 e. The molecule has 0 atom stereocenters. The molecule has 4 nitrogen and oxygen atoms in total. The Labute approximate surface area is 185 Å². The summed E-state index contributed by atoms with van der Waals surface area (Å²) < 4.78 is 11.8. The Morgan fingerprint density at radius 1 is 0.781 bits per heavy atom. The fourth-order valence-corrected chi connectivity index (χ4v) is 4.39. The number of benzene rings is 3. The van der Waals surface area contributed by atoms with E-state index in [9.17, 15) is 0 Å². The monoisotopic (exact) mass is 418 g/mol. The third-order valence-electron chi connectivity index (χ3n) is 5.99. The van der Waals surface area contributed by atoms with Crippen molar-refractivity contribution in [3.8, 4) is 22.6 Å². The predicted molar refractivity (Wildman–Crippen MR) is 129 cm³/mol. The van der Waals surface area contributed by atoms with Crippen LogP contribution < -0.4 is 0 Å². The summed E-state index contributed by atoms with van der Waals surface area (Å²) in [4.78, 5) is 9.11. The summed E-state index contributed by atoms with van der Waals surface area (Å²) in [7, 11) is 0. The lowest BCUT2D eigenvalue weighted by Gasteiger charge is -2.22. The summed E-state index contributed by atoms with van der Waals surface area (Å²) >= 11 is 0. The van der Waals surface area contributed by atoms with E-state index in [-0.39, 0.29) is 5.41 Å². The highest BCUT2D eigenvalue weighted by Crippen LogP contribution is 2.38. The Morgan fingerprint density at radius 2 is 1.62 bits per heavy atom. The smallest absolute Gasteiger partial charge is 0.179 e. The van der Waals surface area contributed by atoms with Gasteiger partial charge >= 0.3 is 0 Å². The van der Waals surface area contributed by atoms with Crippen LogP contribution in [0, 0.1) is 0 Å². The van der Waals surface area contributed by atoms with Crippen molar-refractivity contribution in [3.63, 3.8) is 0 Å². The van der Waals surface area contributed by atoms with Gasteiger partial charge in [0.15, 0.2) is 5.58 Å². The van der Waals surface area contributed by atoms with Gasteiger partial charge in [0, 0.05) is 22.6 Å². The lowest BCUT2D eigenvalue weighted by atomic mass is 9.82. The van der Waals surface area contributed by atoms with Gasteiger partial charge in [-0.25, -0.2) is 9.97 Å². The van der Waals surface area contributed by atoms with E-state index in [0.717, 1.165) is 39.1 Å². The summed E-state index contributed by atoms with van der Waals surface area (Å²) in [6, 6.07) is 22.9. The molecule has 6 aromatic rings. The van der Waals surface area contributed by atoms with E-state index in [2.05, 4.69) is 73.2 Å². The topological polar surface area (TPSA) is 52.1 Å². The van der Waals surface area contributed by atoms with Crippen LogP contribution in [0.3, 0.4) is 0 Å². The van der Waals surface area contributed by atoms with Crippen molar-refractivity contribution in [3.05, 3.63) is 84.9 Å². The highest BCUT2D eigenvalue weighted by atomic mass is 16.3. The first-order valence-corrected chi connectivity index (χ1v) is 10.7. The summed E-state index contributed by atoms with van der Waals surface area (Å²) in [5.41, 5.74) is 6.46. The van der Waals surface area contributed by atoms with Gasteiger partial charge in [0.25, 0.3) is 0 Å². The second-order valence-corrected chi connectivity index (χ2v) is 9.22. The third kappa shape index (κ3) is 2.99. The average molecular weight is 418 g/mol. The van der Waals surface area contributed by atoms with Gasteiger partial charge in [-0.15, -0.1) is 0 Å². The molecule has 0 amide bonds. The highest BCUT2D eigenvalue weighted by Gasteiger charge is 2.20. The molecule has 0 unspecified atom stereocenters. The largest absolute Gasteiger partial charge is 0.464 e. The van der Waals surface area contributed by atoms with E-state index in [4.69, 9.17) is 8.83 Å². The Hall–Kier alpha value is -3.92.